The van der Waals surface area contributed by atoms with Crippen molar-refractivity contribution in [2.45, 2.75) is 50.2 Å². The maximum Gasteiger partial charge on any atom is 0.195 e. The molecule has 0 saturated carbocycles. The molecule has 1 fully saturated rings. The zero-order chi connectivity index (χ0) is 17.0. The lowest BCUT2D eigenvalue weighted by Crippen LogP contribution is -2.34. The van der Waals surface area contributed by atoms with Gasteiger partial charge in [0.1, 0.15) is 11.9 Å². The van der Waals surface area contributed by atoms with E-state index in [-0.39, 0.29) is 16.9 Å². The molecule has 2 aromatic rings. The second-order valence-electron chi connectivity index (χ2n) is 6.32. The zero-order valence-corrected chi connectivity index (χ0v) is 14.9. The lowest BCUT2D eigenvalue weighted by Gasteiger charge is -2.23. The first-order valence-corrected chi connectivity index (χ1v) is 10.3. The fourth-order valence-electron chi connectivity index (χ4n) is 3.03. The van der Waals surface area contributed by atoms with E-state index in [0.29, 0.717) is 23.1 Å². The van der Waals surface area contributed by atoms with Gasteiger partial charge >= 0.3 is 0 Å². The van der Waals surface area contributed by atoms with Gasteiger partial charge < -0.3 is 10.1 Å². The van der Waals surface area contributed by atoms with Crippen LogP contribution in [-0.2, 0) is 9.84 Å². The Hall–Kier alpha value is -1.60. The summed E-state index contributed by atoms with van der Waals surface area (Å²) in [5.74, 6) is 0.859. The fourth-order valence-corrected chi connectivity index (χ4v) is 4.50. The summed E-state index contributed by atoms with van der Waals surface area (Å²) in [5.41, 5.74) is 0.654. The third-order valence-corrected chi connectivity index (χ3v) is 6.17. The van der Waals surface area contributed by atoms with E-state index in [9.17, 15) is 8.42 Å². The van der Waals surface area contributed by atoms with Crippen LogP contribution in [0.25, 0.3) is 10.9 Å². The predicted octanol–water partition coefficient (Wildman–Crippen LogP) is 2.66. The van der Waals surface area contributed by atoms with Gasteiger partial charge in [-0.3, -0.25) is 5.10 Å². The summed E-state index contributed by atoms with van der Waals surface area (Å²) in [7, 11) is -3.35. The average molecular weight is 351 g/mol. The number of hydrogen-bond donors (Lipinski definition) is 2. The number of piperidine rings is 1. The van der Waals surface area contributed by atoms with E-state index in [1.54, 1.807) is 6.07 Å². The van der Waals surface area contributed by atoms with Crippen molar-refractivity contribution in [3.63, 3.8) is 0 Å². The van der Waals surface area contributed by atoms with Crippen molar-refractivity contribution >= 4 is 20.7 Å². The molecular weight excluding hydrogens is 326 g/mol. The molecule has 0 amide bonds. The van der Waals surface area contributed by atoms with Gasteiger partial charge in [-0.25, -0.2) is 8.42 Å². The molecule has 2 N–H and O–H groups in total. The molecule has 0 bridgehead atoms. The Labute approximate surface area is 142 Å². The first-order valence-electron chi connectivity index (χ1n) is 8.68. The van der Waals surface area contributed by atoms with Crippen LogP contribution in [0.4, 0.5) is 0 Å². The van der Waals surface area contributed by atoms with Crippen molar-refractivity contribution in [2.75, 3.05) is 18.8 Å². The van der Waals surface area contributed by atoms with Crippen LogP contribution in [0.15, 0.2) is 23.2 Å². The number of benzene rings is 1. The molecule has 0 radical (unpaired) electrons. The van der Waals surface area contributed by atoms with Crippen LogP contribution in [0, 0.1) is 0 Å². The Morgan fingerprint density at radius 1 is 1.25 bits per heavy atom. The maximum absolute atomic E-state index is 12.6. The van der Waals surface area contributed by atoms with Crippen LogP contribution >= 0.6 is 0 Å². The molecule has 1 aliphatic heterocycles. The third-order valence-electron chi connectivity index (χ3n) is 4.41. The van der Waals surface area contributed by atoms with E-state index in [1.807, 2.05) is 12.1 Å². The zero-order valence-electron chi connectivity index (χ0n) is 14.0. The molecule has 3 rings (SSSR count). The van der Waals surface area contributed by atoms with E-state index in [0.717, 1.165) is 38.8 Å². The smallest absolute Gasteiger partial charge is 0.195 e. The first-order chi connectivity index (χ1) is 11.6. The number of aromatic amines is 1. The molecule has 0 unspecified atom stereocenters. The number of fused-ring (bicyclic) bond motifs is 1. The lowest BCUT2D eigenvalue weighted by molar-refractivity contribution is 0.162. The van der Waals surface area contributed by atoms with E-state index < -0.39 is 9.84 Å². The molecular formula is C17H25N3O3S. The summed E-state index contributed by atoms with van der Waals surface area (Å²) in [6.45, 7) is 3.97. The van der Waals surface area contributed by atoms with Gasteiger partial charge in [-0.15, -0.1) is 0 Å². The van der Waals surface area contributed by atoms with Crippen LogP contribution in [0.2, 0.25) is 0 Å². The van der Waals surface area contributed by atoms with Crippen LogP contribution in [-0.4, -0.2) is 43.6 Å². The maximum atomic E-state index is 12.6. The van der Waals surface area contributed by atoms with Crippen molar-refractivity contribution in [3.8, 4) is 5.75 Å². The van der Waals surface area contributed by atoms with E-state index in [4.69, 9.17) is 4.74 Å². The number of nitrogens with zero attached hydrogens (tertiary/aromatic N) is 1. The Balaban J connectivity index is 1.82. The number of nitrogens with one attached hydrogen (secondary N) is 2. The van der Waals surface area contributed by atoms with Gasteiger partial charge in [0.25, 0.3) is 0 Å². The molecule has 1 aromatic heterocycles. The highest BCUT2D eigenvalue weighted by molar-refractivity contribution is 7.91. The Morgan fingerprint density at radius 3 is 2.79 bits per heavy atom. The number of rotatable bonds is 7. The summed E-state index contributed by atoms with van der Waals surface area (Å²) < 4.78 is 31.1. The number of H-pyrrole nitrogens is 1. The van der Waals surface area contributed by atoms with Crippen LogP contribution in [0.5, 0.6) is 5.75 Å². The largest absolute Gasteiger partial charge is 0.490 e. The number of aromatic nitrogens is 2. The fraction of sp³-hybridized carbons (Fsp3) is 0.588. The Kier molecular flexibility index (Phi) is 5.40. The van der Waals surface area contributed by atoms with E-state index >= 15 is 0 Å². The SMILES string of the molecule is CCCCCS(=O)(=O)c1[nH]nc2ccc(OC3CCNCC3)cc12. The summed E-state index contributed by atoms with van der Waals surface area (Å²) in [4.78, 5) is 0. The first kappa shape index (κ1) is 17.2. The number of ether oxygens (including phenoxy) is 1. The minimum absolute atomic E-state index is 0.150. The molecule has 1 aromatic carbocycles. The molecule has 1 saturated heterocycles. The second kappa shape index (κ2) is 7.53. The van der Waals surface area contributed by atoms with Gasteiger partial charge in [-0.1, -0.05) is 19.8 Å². The van der Waals surface area contributed by atoms with Crippen LogP contribution in [0.3, 0.4) is 0 Å². The molecule has 1 aliphatic rings. The second-order valence-corrected chi connectivity index (χ2v) is 8.37. The third kappa shape index (κ3) is 3.89. The predicted molar refractivity (Wildman–Crippen MR) is 94.2 cm³/mol. The van der Waals surface area contributed by atoms with E-state index in [2.05, 4.69) is 22.4 Å². The van der Waals surface area contributed by atoms with E-state index in [1.165, 1.54) is 0 Å². The summed E-state index contributed by atoms with van der Waals surface area (Å²) in [6.07, 6.45) is 4.69. The number of unbranched alkanes of at least 4 members (excludes halogenated alkanes) is 2. The lowest BCUT2D eigenvalue weighted by atomic mass is 10.1. The van der Waals surface area contributed by atoms with Gasteiger partial charge in [-0.05, 0) is 50.6 Å². The quantitative estimate of drug-likeness (QED) is 0.749. The van der Waals surface area contributed by atoms with Gasteiger partial charge in [0, 0.05) is 5.39 Å². The van der Waals surface area contributed by atoms with Crippen molar-refractivity contribution < 1.29 is 13.2 Å². The highest BCUT2D eigenvalue weighted by atomic mass is 32.2. The molecule has 132 valence electrons. The number of hydrogen-bond acceptors (Lipinski definition) is 5. The minimum Gasteiger partial charge on any atom is -0.490 e. The standard InChI is InChI=1S/C17H25N3O3S/c1-2-3-4-11-24(21,22)17-15-12-14(5-6-16(15)19-20-17)23-13-7-9-18-10-8-13/h5-6,12-13,18H,2-4,7-11H2,1H3,(H,19,20). The topological polar surface area (TPSA) is 84.1 Å². The molecule has 0 aliphatic carbocycles. The highest BCUT2D eigenvalue weighted by Crippen LogP contribution is 2.27. The molecule has 24 heavy (non-hydrogen) atoms. The summed E-state index contributed by atoms with van der Waals surface area (Å²) in [6, 6.07) is 5.47. The highest BCUT2D eigenvalue weighted by Gasteiger charge is 2.21. The van der Waals surface area contributed by atoms with Crippen molar-refractivity contribution in [2.24, 2.45) is 0 Å². The summed E-state index contributed by atoms with van der Waals surface area (Å²) >= 11 is 0. The minimum atomic E-state index is -3.35. The molecule has 0 spiro atoms. The van der Waals surface area contributed by atoms with Crippen molar-refractivity contribution in [1.29, 1.82) is 0 Å². The van der Waals surface area contributed by atoms with Gasteiger partial charge in [-0.2, -0.15) is 5.10 Å². The number of sulfone groups is 1. The Morgan fingerprint density at radius 2 is 2.04 bits per heavy atom. The van der Waals surface area contributed by atoms with Crippen LogP contribution in [0.1, 0.15) is 39.0 Å². The van der Waals surface area contributed by atoms with Crippen molar-refractivity contribution in [1.82, 2.24) is 15.5 Å². The van der Waals surface area contributed by atoms with Crippen molar-refractivity contribution in [3.05, 3.63) is 18.2 Å². The van der Waals surface area contributed by atoms with Gasteiger partial charge in [0.05, 0.1) is 11.3 Å². The monoisotopic (exact) mass is 351 g/mol. The Bertz CT molecular complexity index is 779. The van der Waals surface area contributed by atoms with Gasteiger partial charge in [0.15, 0.2) is 14.9 Å². The average Bonchev–Trinajstić information content (AvgIpc) is 3.00. The summed E-state index contributed by atoms with van der Waals surface area (Å²) in [5, 5.41) is 11.0. The normalized spacial score (nSPS) is 16.5. The molecule has 2 heterocycles. The molecule has 6 nitrogen and oxygen atoms in total. The van der Waals surface area contributed by atoms with Gasteiger partial charge in [0.2, 0.25) is 0 Å². The van der Waals surface area contributed by atoms with Crippen LogP contribution < -0.4 is 10.1 Å². The molecule has 7 heteroatoms. The molecule has 0 atom stereocenters.